The first kappa shape index (κ1) is 54.6. The molecule has 330 valence electrons. The van der Waals surface area contributed by atoms with Crippen molar-refractivity contribution >= 4 is 11.7 Å². The fourth-order valence-electron chi connectivity index (χ4n) is 7.91. The number of rotatable bonds is 47. The molecule has 0 aliphatic heterocycles. The van der Waals surface area contributed by atoms with E-state index in [4.69, 9.17) is 0 Å². The van der Waals surface area contributed by atoms with Gasteiger partial charge in [0.2, 0.25) is 5.91 Å². The third-order valence-electron chi connectivity index (χ3n) is 11.8. The maximum Gasteiger partial charge on any atom is 0.220 e. The number of nitrogens with one attached hydrogen (secondary N) is 1. The number of unbranched alkanes of at least 4 members (excludes halogenated alkanes) is 33. The van der Waals surface area contributed by atoms with Gasteiger partial charge in [-0.2, -0.15) is 0 Å². The van der Waals surface area contributed by atoms with E-state index < -0.39 is 0 Å². The lowest BCUT2D eigenvalue weighted by Crippen LogP contribution is -2.37. The zero-order valence-electron chi connectivity index (χ0n) is 38.1. The number of aliphatic hydroxyl groups is 1. The van der Waals surface area contributed by atoms with Crippen molar-refractivity contribution in [2.24, 2.45) is 0 Å². The van der Waals surface area contributed by atoms with E-state index in [0.29, 0.717) is 12.2 Å². The maximum absolute atomic E-state index is 12.4. The van der Waals surface area contributed by atoms with Crippen molar-refractivity contribution in [2.45, 2.75) is 290 Å². The highest BCUT2D eigenvalue weighted by Crippen LogP contribution is 2.16. The predicted octanol–water partition coefficient (Wildman–Crippen LogP) is 16.6. The third-order valence-corrected chi connectivity index (χ3v) is 11.8. The minimum absolute atomic E-state index is 0.0581. The van der Waals surface area contributed by atoms with Crippen LogP contribution in [-0.4, -0.2) is 29.4 Å². The minimum Gasteiger partial charge on any atom is -0.394 e. The van der Waals surface area contributed by atoms with Gasteiger partial charge in [-0.25, -0.2) is 0 Å². The molecule has 0 aromatic carbocycles. The molecule has 1 atom stereocenters. The standard InChI is InChI=1S/C52H99NO3/c1-3-5-7-9-11-13-15-17-19-22-26-30-34-38-42-46-51(55)47-43-39-35-31-27-23-20-24-28-32-36-40-44-48-52(56)53-50(49-54)45-41-37-33-29-25-21-18-16-14-12-10-8-6-4-2/h11,13,17,19,50,54H,3-10,12,14-16,18,20-49H2,1-2H3,(H,53,56)/b13-11-,19-17-/t50-/m0/s1. The van der Waals surface area contributed by atoms with Crippen LogP contribution in [0.3, 0.4) is 0 Å². The molecule has 1 amide bonds. The molecule has 4 nitrogen and oxygen atoms in total. The van der Waals surface area contributed by atoms with Gasteiger partial charge < -0.3 is 10.4 Å². The molecule has 0 saturated carbocycles. The average molecular weight is 786 g/mol. The second-order valence-electron chi connectivity index (χ2n) is 17.4. The molecule has 0 spiro atoms. The number of allylic oxidation sites excluding steroid dienone is 4. The number of ketones is 1. The van der Waals surface area contributed by atoms with Gasteiger partial charge in [-0.15, -0.1) is 0 Å². The Balaban J connectivity index is 3.39. The summed E-state index contributed by atoms with van der Waals surface area (Å²) in [6, 6.07) is -0.0696. The molecule has 4 heteroatoms. The van der Waals surface area contributed by atoms with E-state index in [0.717, 1.165) is 57.8 Å². The lowest BCUT2D eigenvalue weighted by atomic mass is 10.0. The molecular formula is C52H99NO3. The van der Waals surface area contributed by atoms with Crippen molar-refractivity contribution in [1.29, 1.82) is 0 Å². The fourth-order valence-corrected chi connectivity index (χ4v) is 7.91. The molecule has 0 heterocycles. The van der Waals surface area contributed by atoms with Crippen LogP contribution in [0.2, 0.25) is 0 Å². The number of amides is 1. The van der Waals surface area contributed by atoms with Crippen LogP contribution < -0.4 is 5.32 Å². The number of hydrogen-bond acceptors (Lipinski definition) is 3. The SMILES string of the molecule is CCCCC/C=C\C/C=C\CCCCCCCC(=O)CCCCCCCCCCCCCCCC(=O)N[C@H](CO)CCCCCCCCCCCCCCCC. The van der Waals surface area contributed by atoms with E-state index in [9.17, 15) is 14.7 Å². The molecule has 0 rings (SSSR count). The van der Waals surface area contributed by atoms with E-state index >= 15 is 0 Å². The van der Waals surface area contributed by atoms with E-state index in [1.54, 1.807) is 0 Å². The van der Waals surface area contributed by atoms with Gasteiger partial charge in [0.15, 0.2) is 0 Å². The molecule has 0 fully saturated rings. The second kappa shape index (κ2) is 48.0. The predicted molar refractivity (Wildman–Crippen MR) is 248 cm³/mol. The molecule has 0 radical (unpaired) electrons. The van der Waals surface area contributed by atoms with Crippen molar-refractivity contribution in [2.75, 3.05) is 6.61 Å². The number of carbonyl (C=O) groups is 2. The summed E-state index contributed by atoms with van der Waals surface area (Å²) in [6.45, 7) is 4.60. The zero-order valence-corrected chi connectivity index (χ0v) is 38.1. The van der Waals surface area contributed by atoms with Gasteiger partial charge >= 0.3 is 0 Å². The summed E-state index contributed by atoms with van der Waals surface area (Å²) in [4.78, 5) is 24.6. The van der Waals surface area contributed by atoms with E-state index in [1.165, 1.54) is 205 Å². The Kier molecular flexibility index (Phi) is 46.7. The van der Waals surface area contributed by atoms with Crippen molar-refractivity contribution < 1.29 is 14.7 Å². The van der Waals surface area contributed by atoms with Crippen LogP contribution in [0.25, 0.3) is 0 Å². The Morgan fingerprint density at radius 2 is 0.732 bits per heavy atom. The van der Waals surface area contributed by atoms with Crippen molar-refractivity contribution in [3.63, 3.8) is 0 Å². The Morgan fingerprint density at radius 1 is 0.411 bits per heavy atom. The minimum atomic E-state index is -0.0696. The lowest BCUT2D eigenvalue weighted by Gasteiger charge is -2.16. The summed E-state index contributed by atoms with van der Waals surface area (Å²) in [5.41, 5.74) is 0. The summed E-state index contributed by atoms with van der Waals surface area (Å²) in [5, 5.41) is 12.8. The molecular weight excluding hydrogens is 687 g/mol. The van der Waals surface area contributed by atoms with Crippen molar-refractivity contribution in [3.05, 3.63) is 24.3 Å². The summed E-state index contributed by atoms with van der Waals surface area (Å²) in [6.07, 6.45) is 61.1. The van der Waals surface area contributed by atoms with E-state index in [1.807, 2.05) is 0 Å². The number of hydrogen-bond donors (Lipinski definition) is 2. The summed E-state index contributed by atoms with van der Waals surface area (Å²) in [5.74, 6) is 0.605. The normalized spacial score (nSPS) is 12.3. The molecule has 2 N–H and O–H groups in total. The van der Waals surface area contributed by atoms with Gasteiger partial charge in [-0.05, 0) is 57.8 Å². The average Bonchev–Trinajstić information content (AvgIpc) is 3.20. The van der Waals surface area contributed by atoms with Crippen LogP contribution in [0.15, 0.2) is 24.3 Å². The molecule has 56 heavy (non-hydrogen) atoms. The van der Waals surface area contributed by atoms with Crippen LogP contribution in [0.1, 0.15) is 284 Å². The highest BCUT2D eigenvalue weighted by molar-refractivity contribution is 5.78. The van der Waals surface area contributed by atoms with Crippen LogP contribution in [0.5, 0.6) is 0 Å². The van der Waals surface area contributed by atoms with Gasteiger partial charge in [0, 0.05) is 19.3 Å². The molecule has 0 saturated heterocycles. The summed E-state index contributed by atoms with van der Waals surface area (Å²) < 4.78 is 0. The first-order valence-electron chi connectivity index (χ1n) is 25.4. The zero-order chi connectivity index (χ0) is 40.7. The highest BCUT2D eigenvalue weighted by Gasteiger charge is 2.11. The second-order valence-corrected chi connectivity index (χ2v) is 17.4. The first-order valence-corrected chi connectivity index (χ1v) is 25.4. The van der Waals surface area contributed by atoms with Crippen LogP contribution in [0, 0.1) is 0 Å². The van der Waals surface area contributed by atoms with Gasteiger partial charge in [0.25, 0.3) is 0 Å². The van der Waals surface area contributed by atoms with Crippen LogP contribution >= 0.6 is 0 Å². The Bertz CT molecular complexity index is 851. The number of Topliss-reactive ketones (excluding diaryl/α,β-unsaturated/α-hetero) is 1. The van der Waals surface area contributed by atoms with Gasteiger partial charge in [-0.1, -0.05) is 231 Å². The van der Waals surface area contributed by atoms with E-state index in [-0.39, 0.29) is 18.6 Å². The van der Waals surface area contributed by atoms with Gasteiger partial charge in [0.05, 0.1) is 12.6 Å². The molecule has 0 aliphatic rings. The summed E-state index contributed by atoms with van der Waals surface area (Å²) >= 11 is 0. The molecule has 0 aromatic rings. The molecule has 0 aliphatic carbocycles. The molecule has 0 aromatic heterocycles. The topological polar surface area (TPSA) is 66.4 Å². The maximum atomic E-state index is 12.4. The smallest absolute Gasteiger partial charge is 0.220 e. The Morgan fingerprint density at radius 3 is 1.14 bits per heavy atom. The Labute approximate surface area is 351 Å². The Hall–Kier alpha value is -1.42. The highest BCUT2D eigenvalue weighted by atomic mass is 16.3. The molecule has 0 bridgehead atoms. The van der Waals surface area contributed by atoms with Crippen molar-refractivity contribution in [1.82, 2.24) is 5.32 Å². The quantitative estimate of drug-likeness (QED) is 0.0477. The summed E-state index contributed by atoms with van der Waals surface area (Å²) in [7, 11) is 0. The fraction of sp³-hybridized carbons (Fsp3) is 0.885. The number of carbonyl (C=O) groups excluding carboxylic acids is 2. The lowest BCUT2D eigenvalue weighted by molar-refractivity contribution is -0.122. The largest absolute Gasteiger partial charge is 0.394 e. The van der Waals surface area contributed by atoms with Gasteiger partial charge in [-0.3, -0.25) is 9.59 Å². The first-order chi connectivity index (χ1) is 27.6. The van der Waals surface area contributed by atoms with Gasteiger partial charge in [0.1, 0.15) is 5.78 Å². The number of aliphatic hydroxyl groups excluding tert-OH is 1. The van der Waals surface area contributed by atoms with Crippen LogP contribution in [-0.2, 0) is 9.59 Å². The van der Waals surface area contributed by atoms with E-state index in [2.05, 4.69) is 43.5 Å². The molecule has 0 unspecified atom stereocenters. The third kappa shape index (κ3) is 45.3. The monoisotopic (exact) mass is 786 g/mol. The van der Waals surface area contributed by atoms with Crippen LogP contribution in [0.4, 0.5) is 0 Å². The van der Waals surface area contributed by atoms with Crippen molar-refractivity contribution in [3.8, 4) is 0 Å².